The summed E-state index contributed by atoms with van der Waals surface area (Å²) in [7, 11) is 0. The second-order valence-electron chi connectivity index (χ2n) is 7.02. The number of benzene rings is 1. The topological polar surface area (TPSA) is 83.5 Å². The normalized spacial score (nSPS) is 27.4. The van der Waals surface area contributed by atoms with Crippen molar-refractivity contribution in [3.8, 4) is 0 Å². The van der Waals surface area contributed by atoms with Crippen molar-refractivity contribution >= 4 is 17.5 Å². The van der Waals surface area contributed by atoms with Gasteiger partial charge in [-0.25, -0.2) is 0 Å². The van der Waals surface area contributed by atoms with Crippen molar-refractivity contribution in [2.45, 2.75) is 51.1 Å². The molecule has 0 saturated heterocycles. The Morgan fingerprint density at radius 1 is 1.21 bits per heavy atom. The number of hydrogen-bond donors (Lipinski definition) is 2. The van der Waals surface area contributed by atoms with Crippen molar-refractivity contribution < 1.29 is 19.5 Å². The third-order valence-electron chi connectivity index (χ3n) is 5.66. The Hall–Kier alpha value is -2.01. The molecule has 2 aliphatic rings. The Morgan fingerprint density at radius 2 is 1.83 bits per heavy atom. The summed E-state index contributed by atoms with van der Waals surface area (Å²) in [5, 5.41) is 13.0. The number of nitrogens with one attached hydrogen (secondary N) is 1. The van der Waals surface area contributed by atoms with Crippen molar-refractivity contribution in [3.63, 3.8) is 0 Å². The summed E-state index contributed by atoms with van der Waals surface area (Å²) < 4.78 is 0. The van der Waals surface area contributed by atoms with Gasteiger partial charge in [0, 0.05) is 24.9 Å². The number of Topliss-reactive ketones (excluding diaryl/α,β-unsaturated/α-hetero) is 2. The molecule has 2 fully saturated rings. The van der Waals surface area contributed by atoms with Crippen LogP contribution in [0.4, 0.5) is 0 Å². The minimum Gasteiger partial charge on any atom is -0.481 e. The van der Waals surface area contributed by atoms with E-state index in [-0.39, 0.29) is 42.9 Å². The van der Waals surface area contributed by atoms with Crippen LogP contribution in [0.25, 0.3) is 0 Å². The Bertz CT molecular complexity index is 639. The molecule has 2 saturated carbocycles. The Morgan fingerprint density at radius 3 is 2.42 bits per heavy atom. The van der Waals surface area contributed by atoms with Crippen LogP contribution in [0.2, 0.25) is 0 Å². The second kappa shape index (κ2) is 6.48. The van der Waals surface area contributed by atoms with E-state index in [0.29, 0.717) is 12.8 Å². The van der Waals surface area contributed by atoms with Gasteiger partial charge in [-0.15, -0.1) is 0 Å². The van der Waals surface area contributed by atoms with Gasteiger partial charge in [-0.05, 0) is 31.7 Å². The number of carboxylic acid groups (broad SMARTS) is 1. The summed E-state index contributed by atoms with van der Waals surface area (Å²) in [6, 6.07) is 9.63. The molecule has 2 aliphatic carbocycles. The molecule has 3 atom stereocenters. The Kier molecular flexibility index (Phi) is 4.54. The van der Waals surface area contributed by atoms with Crippen LogP contribution in [0, 0.1) is 11.3 Å². The molecular weight excluding hydrogens is 306 g/mol. The molecule has 2 N–H and O–H groups in total. The van der Waals surface area contributed by atoms with E-state index in [9.17, 15) is 19.5 Å². The predicted molar refractivity (Wildman–Crippen MR) is 88.4 cm³/mol. The summed E-state index contributed by atoms with van der Waals surface area (Å²) in [6.07, 6.45) is 1.67. The van der Waals surface area contributed by atoms with E-state index in [2.05, 4.69) is 5.32 Å². The number of hydrogen-bond acceptors (Lipinski definition) is 4. The quantitative estimate of drug-likeness (QED) is 0.829. The van der Waals surface area contributed by atoms with Gasteiger partial charge in [0.25, 0.3) is 0 Å². The lowest BCUT2D eigenvalue weighted by atomic mass is 9.65. The van der Waals surface area contributed by atoms with Crippen molar-refractivity contribution in [2.24, 2.45) is 11.3 Å². The van der Waals surface area contributed by atoms with Crippen molar-refractivity contribution in [3.05, 3.63) is 35.9 Å². The number of ketones is 2. The Balaban J connectivity index is 1.77. The summed E-state index contributed by atoms with van der Waals surface area (Å²) in [5.41, 5.74) is 0.0620. The first-order valence-corrected chi connectivity index (χ1v) is 8.54. The summed E-state index contributed by atoms with van der Waals surface area (Å²) in [6.45, 7) is 2.00. The lowest BCUT2D eigenvalue weighted by Gasteiger charge is -2.40. The molecule has 5 heteroatoms. The fraction of sp³-hybridized carbons (Fsp3) is 0.526. The molecule has 1 aromatic carbocycles. The third-order valence-corrected chi connectivity index (χ3v) is 5.66. The van der Waals surface area contributed by atoms with Crippen molar-refractivity contribution in [1.82, 2.24) is 5.32 Å². The Labute approximate surface area is 141 Å². The molecule has 0 heterocycles. The van der Waals surface area contributed by atoms with Crippen molar-refractivity contribution in [1.29, 1.82) is 0 Å². The number of rotatable bonds is 4. The highest BCUT2D eigenvalue weighted by Gasteiger charge is 2.55. The van der Waals surface area contributed by atoms with Gasteiger partial charge in [0.2, 0.25) is 0 Å². The first kappa shape index (κ1) is 16.8. The van der Waals surface area contributed by atoms with E-state index in [0.717, 1.165) is 5.56 Å². The fourth-order valence-electron chi connectivity index (χ4n) is 4.21. The van der Waals surface area contributed by atoms with Gasteiger partial charge in [-0.2, -0.15) is 0 Å². The van der Waals surface area contributed by atoms with Gasteiger partial charge < -0.3 is 10.4 Å². The molecule has 0 radical (unpaired) electrons. The summed E-state index contributed by atoms with van der Waals surface area (Å²) in [4.78, 5) is 36.3. The molecule has 1 aromatic rings. The van der Waals surface area contributed by atoms with E-state index >= 15 is 0 Å². The smallest absolute Gasteiger partial charge is 0.308 e. The maximum atomic E-state index is 12.2. The molecule has 0 bridgehead atoms. The van der Waals surface area contributed by atoms with Gasteiger partial charge in [0.15, 0.2) is 0 Å². The summed E-state index contributed by atoms with van der Waals surface area (Å²) in [5.74, 6) is -1.77. The average Bonchev–Trinajstić information content (AvgIpc) is 2.85. The molecule has 0 aliphatic heterocycles. The lowest BCUT2D eigenvalue weighted by molar-refractivity contribution is -0.149. The van der Waals surface area contributed by atoms with Gasteiger partial charge in [0.05, 0.1) is 11.3 Å². The first-order valence-electron chi connectivity index (χ1n) is 8.54. The van der Waals surface area contributed by atoms with Crippen LogP contribution < -0.4 is 5.32 Å². The maximum absolute atomic E-state index is 12.2. The van der Waals surface area contributed by atoms with Crippen LogP contribution in [-0.2, 0) is 14.4 Å². The van der Waals surface area contributed by atoms with Gasteiger partial charge in [-0.3, -0.25) is 14.4 Å². The molecular formula is C19H23NO4. The maximum Gasteiger partial charge on any atom is 0.308 e. The van der Waals surface area contributed by atoms with Gasteiger partial charge >= 0.3 is 5.97 Å². The van der Waals surface area contributed by atoms with E-state index in [1.807, 2.05) is 37.3 Å². The standard InChI is InChI=1S/C19H23NO4/c1-12(13-5-3-2-4-6-13)20-15-9-10-19(11-14(15)18(23)24)16(21)7-8-17(19)22/h2-6,12,14-15,20H,7-11H2,1H3,(H,23,24)/t12-,14+,15-/m0/s1. The highest BCUT2D eigenvalue weighted by molar-refractivity contribution is 6.13. The number of carbonyl (C=O) groups excluding carboxylic acids is 2. The monoisotopic (exact) mass is 329 g/mol. The fourth-order valence-corrected chi connectivity index (χ4v) is 4.21. The molecule has 1 spiro atoms. The molecule has 24 heavy (non-hydrogen) atoms. The van der Waals surface area contributed by atoms with Crippen LogP contribution in [0.15, 0.2) is 30.3 Å². The van der Waals surface area contributed by atoms with Crippen LogP contribution in [0.5, 0.6) is 0 Å². The summed E-state index contributed by atoms with van der Waals surface area (Å²) >= 11 is 0. The molecule has 128 valence electrons. The first-order chi connectivity index (χ1) is 11.4. The zero-order valence-electron chi connectivity index (χ0n) is 13.8. The molecule has 0 aromatic heterocycles. The minimum atomic E-state index is -1.03. The molecule has 5 nitrogen and oxygen atoms in total. The predicted octanol–water partition coefficient (Wildman–Crippen LogP) is 2.51. The van der Waals surface area contributed by atoms with Crippen molar-refractivity contribution in [2.75, 3.05) is 0 Å². The van der Waals surface area contributed by atoms with Crippen LogP contribution in [-0.4, -0.2) is 28.7 Å². The van der Waals surface area contributed by atoms with Crippen LogP contribution >= 0.6 is 0 Å². The molecule has 0 amide bonds. The number of aliphatic carboxylic acids is 1. The molecule has 0 unspecified atom stereocenters. The van der Waals surface area contributed by atoms with Crippen LogP contribution in [0.1, 0.15) is 50.6 Å². The highest BCUT2D eigenvalue weighted by Crippen LogP contribution is 2.46. The zero-order chi connectivity index (χ0) is 17.3. The zero-order valence-corrected chi connectivity index (χ0v) is 13.8. The third kappa shape index (κ3) is 2.88. The van der Waals surface area contributed by atoms with Crippen LogP contribution in [0.3, 0.4) is 0 Å². The number of carbonyl (C=O) groups is 3. The van der Waals surface area contributed by atoms with E-state index in [4.69, 9.17) is 0 Å². The van der Waals surface area contributed by atoms with E-state index in [1.165, 1.54) is 0 Å². The average molecular weight is 329 g/mol. The van der Waals surface area contributed by atoms with E-state index < -0.39 is 17.3 Å². The van der Waals surface area contributed by atoms with Gasteiger partial charge in [-0.1, -0.05) is 30.3 Å². The number of carboxylic acids is 1. The molecule has 3 rings (SSSR count). The SMILES string of the molecule is C[C@H](N[C@H]1CCC2(C[C@H]1C(=O)O)C(=O)CCC2=O)c1ccccc1. The van der Waals surface area contributed by atoms with Gasteiger partial charge in [0.1, 0.15) is 11.6 Å². The minimum absolute atomic E-state index is 0.0158. The highest BCUT2D eigenvalue weighted by atomic mass is 16.4. The largest absolute Gasteiger partial charge is 0.481 e. The lowest BCUT2D eigenvalue weighted by Crippen LogP contribution is -2.51. The second-order valence-corrected chi connectivity index (χ2v) is 7.02. The van der Waals surface area contributed by atoms with E-state index in [1.54, 1.807) is 0 Å².